The first-order chi connectivity index (χ1) is 18.5. The Kier molecular flexibility index (Phi) is 9.26. The molecule has 209 valence electrons. The summed E-state index contributed by atoms with van der Waals surface area (Å²) < 4.78 is 3.03. The number of allylic oxidation sites excluding steroid dienone is 2. The van der Waals surface area contributed by atoms with Gasteiger partial charge in [-0.3, -0.25) is 0 Å². The zero-order valence-corrected chi connectivity index (χ0v) is 31.0. The van der Waals surface area contributed by atoms with E-state index in [0.717, 1.165) is 5.54 Å². The van der Waals surface area contributed by atoms with Gasteiger partial charge in [0.25, 0.3) is 0 Å². The van der Waals surface area contributed by atoms with Crippen LogP contribution < -0.4 is 30.0 Å². The largest absolute Gasteiger partial charge is 1.00 e. The maximum absolute atomic E-state index is 2.51. The summed E-state index contributed by atoms with van der Waals surface area (Å²) in [6.07, 6.45) is 4.62. The van der Waals surface area contributed by atoms with Crippen LogP contribution in [-0.2, 0) is 24.7 Å². The van der Waals surface area contributed by atoms with Gasteiger partial charge in [-0.1, -0.05) is 36.9 Å². The first kappa shape index (κ1) is 32.2. The molecule has 3 aromatic carbocycles. The Morgan fingerprint density at radius 2 is 1.44 bits per heavy atom. The van der Waals surface area contributed by atoms with Gasteiger partial charge in [0.15, 0.2) is 0 Å². The number of nitrogens with zero attached hydrogens (tertiary/aromatic N) is 1. The van der Waals surface area contributed by atoms with E-state index < -0.39 is 16.1 Å². The van der Waals surface area contributed by atoms with Crippen molar-refractivity contribution in [3.05, 3.63) is 119 Å². The van der Waals surface area contributed by atoms with E-state index in [9.17, 15) is 0 Å². The van der Waals surface area contributed by atoms with Gasteiger partial charge in [-0.25, -0.2) is 0 Å². The van der Waals surface area contributed by atoms with Crippen molar-refractivity contribution in [1.29, 1.82) is 0 Å². The summed E-state index contributed by atoms with van der Waals surface area (Å²) in [6, 6.07) is 29.1. The standard InChI is InChI=1S/C19H21Si.C16H17NSi.2ClH.Zr/c1-14-12-16-6-5-7-18(19(16)13-14)15-8-10-17(11-9-15)20(2,3)4;1-11-15-13-9-10-17(12-7-5-4-6-8-12)14(13)16(11)18(15,2)3;;;/h5-13H,1-4H3;4-10,15H,1-3H3;2*1H;/q;;;;+2/p-2. The predicted octanol–water partition coefficient (Wildman–Crippen LogP) is 3.06. The molecule has 41 heavy (non-hydrogen) atoms. The second-order valence-corrected chi connectivity index (χ2v) is 24.0. The van der Waals surface area contributed by atoms with Gasteiger partial charge in [-0.15, -0.1) is 0 Å². The molecule has 0 fully saturated rings. The number of fused-ring (bicyclic) bond motifs is 1. The molecule has 8 rings (SSSR count). The summed E-state index contributed by atoms with van der Waals surface area (Å²) in [5.74, 6) is 0. The zero-order valence-electron chi connectivity index (χ0n) is 25.0. The molecule has 2 aliphatic heterocycles. The fourth-order valence-electron chi connectivity index (χ4n) is 7.08. The Balaban J connectivity index is 0.000000182. The van der Waals surface area contributed by atoms with Crippen molar-refractivity contribution >= 4 is 32.6 Å². The average molecular weight is 691 g/mol. The number of para-hydroxylation sites is 1. The van der Waals surface area contributed by atoms with Crippen molar-refractivity contribution in [3.63, 3.8) is 0 Å². The molecule has 0 radical (unpaired) electrons. The maximum atomic E-state index is 2.51. The van der Waals surface area contributed by atoms with Gasteiger partial charge >= 0.3 is 145 Å². The minimum Gasteiger partial charge on any atom is -1.00 e. The molecule has 2 aliphatic carbocycles. The van der Waals surface area contributed by atoms with Gasteiger partial charge in [-0.2, -0.15) is 0 Å². The molecule has 1 aromatic heterocycles. The SMILES string of the molecule is CC1=C2c3c(ccn3-c3ccccc3)C1[Si]2(C)C.CC1=Cc2c(-c3ccc([Si](C)(C)C)cc3)cccc2[CH]1[Zr+2].[Cl-].[Cl-]. The Hall–Kier alpha value is -1.68. The Morgan fingerprint density at radius 3 is 2.05 bits per heavy atom. The number of rotatable bonds is 3. The predicted molar refractivity (Wildman–Crippen MR) is 170 cm³/mol. The second-order valence-electron chi connectivity index (χ2n) is 13.0. The molecule has 2 bridgehead atoms. The summed E-state index contributed by atoms with van der Waals surface area (Å²) in [5.41, 5.74) is 14.0. The number of halogens is 2. The second kappa shape index (κ2) is 11.8. The maximum Gasteiger partial charge on any atom is -1.00 e. The minimum absolute atomic E-state index is 0. The van der Waals surface area contributed by atoms with Crippen molar-refractivity contribution in [1.82, 2.24) is 4.57 Å². The molecule has 2 unspecified atom stereocenters. The molecule has 6 heteroatoms. The van der Waals surface area contributed by atoms with Crippen LogP contribution in [0.2, 0.25) is 32.7 Å². The van der Waals surface area contributed by atoms with Crippen LogP contribution in [0.1, 0.15) is 45.4 Å². The van der Waals surface area contributed by atoms with Crippen LogP contribution >= 0.6 is 0 Å². The fraction of sp³-hybridized carbons (Fsp3) is 0.257. The molecule has 0 saturated carbocycles. The van der Waals surface area contributed by atoms with Crippen LogP contribution in [0.3, 0.4) is 0 Å². The summed E-state index contributed by atoms with van der Waals surface area (Å²) in [4.78, 5) is 0. The Bertz CT molecular complexity index is 1640. The molecule has 0 N–H and O–H groups in total. The van der Waals surface area contributed by atoms with Gasteiger partial charge < -0.3 is 29.4 Å². The quantitative estimate of drug-likeness (QED) is 0.292. The smallest absolute Gasteiger partial charge is 1.00 e. The fourth-order valence-corrected chi connectivity index (χ4v) is 13.4. The van der Waals surface area contributed by atoms with Crippen molar-refractivity contribution in [2.75, 3.05) is 0 Å². The van der Waals surface area contributed by atoms with Crippen molar-refractivity contribution in [2.45, 2.75) is 55.7 Å². The molecule has 4 aliphatic rings. The molecule has 0 saturated heterocycles. The summed E-state index contributed by atoms with van der Waals surface area (Å²) in [5, 5.41) is 3.24. The third kappa shape index (κ3) is 5.34. The molecule has 2 atom stereocenters. The van der Waals surface area contributed by atoms with Crippen LogP contribution in [0, 0.1) is 0 Å². The van der Waals surface area contributed by atoms with Gasteiger partial charge in [0.2, 0.25) is 0 Å². The Labute approximate surface area is 275 Å². The monoisotopic (exact) mass is 688 g/mol. The van der Waals surface area contributed by atoms with Gasteiger partial charge in [0.1, 0.15) is 0 Å². The van der Waals surface area contributed by atoms with Crippen LogP contribution in [0.4, 0.5) is 0 Å². The van der Waals surface area contributed by atoms with Crippen LogP contribution in [0.5, 0.6) is 0 Å². The number of hydrogen-bond acceptors (Lipinski definition) is 0. The van der Waals surface area contributed by atoms with E-state index in [1.54, 1.807) is 41.1 Å². The molecule has 1 nitrogen and oxygen atoms in total. The van der Waals surface area contributed by atoms with E-state index in [1.807, 2.05) is 0 Å². The molecular weight excluding hydrogens is 653 g/mol. The van der Waals surface area contributed by atoms with Crippen LogP contribution in [-0.4, -0.2) is 20.7 Å². The normalized spacial score (nSPS) is 19.1. The first-order valence-electron chi connectivity index (χ1n) is 14.1. The van der Waals surface area contributed by atoms with E-state index in [1.165, 1.54) is 44.4 Å². The molecular formula is C35H38Cl2NSi2Zr. The zero-order chi connectivity index (χ0) is 27.7. The van der Waals surface area contributed by atoms with Gasteiger partial charge in [0.05, 0.1) is 8.07 Å². The third-order valence-electron chi connectivity index (χ3n) is 9.03. The first-order valence-corrected chi connectivity index (χ1v) is 22.1. The van der Waals surface area contributed by atoms with Gasteiger partial charge in [0, 0.05) is 23.1 Å². The van der Waals surface area contributed by atoms with E-state index in [0.29, 0.717) is 3.63 Å². The molecule has 3 heterocycles. The van der Waals surface area contributed by atoms with E-state index >= 15 is 0 Å². The van der Waals surface area contributed by atoms with E-state index in [2.05, 4.69) is 142 Å². The number of benzene rings is 3. The topological polar surface area (TPSA) is 4.93 Å². The number of aromatic nitrogens is 1. The molecule has 4 aromatic rings. The molecule has 0 amide bonds. The van der Waals surface area contributed by atoms with Gasteiger partial charge in [-0.05, 0) is 35.9 Å². The molecule has 0 spiro atoms. The summed E-state index contributed by atoms with van der Waals surface area (Å²) in [6.45, 7) is 16.8. The average Bonchev–Trinajstić information content (AvgIpc) is 3.60. The Morgan fingerprint density at radius 1 is 0.780 bits per heavy atom. The van der Waals surface area contributed by atoms with Crippen molar-refractivity contribution in [3.8, 4) is 16.8 Å². The van der Waals surface area contributed by atoms with Crippen molar-refractivity contribution < 1.29 is 49.5 Å². The van der Waals surface area contributed by atoms with Crippen molar-refractivity contribution in [2.24, 2.45) is 0 Å². The van der Waals surface area contributed by atoms with E-state index in [-0.39, 0.29) is 24.8 Å². The minimum atomic E-state index is -1.21. The summed E-state index contributed by atoms with van der Waals surface area (Å²) in [7, 11) is -2.38. The summed E-state index contributed by atoms with van der Waals surface area (Å²) >= 11 is 1.59. The van der Waals surface area contributed by atoms with Crippen LogP contribution in [0.15, 0.2) is 96.2 Å². The number of hydrogen-bond donors (Lipinski definition) is 0. The van der Waals surface area contributed by atoms with E-state index in [4.69, 9.17) is 0 Å². The third-order valence-corrected chi connectivity index (χ3v) is 17.1. The van der Waals surface area contributed by atoms with Crippen LogP contribution in [0.25, 0.3) is 28.1 Å².